The van der Waals surface area contributed by atoms with Crippen molar-refractivity contribution in [3.8, 4) is 11.6 Å². The Morgan fingerprint density at radius 3 is 2.52 bits per heavy atom. The van der Waals surface area contributed by atoms with E-state index in [0.29, 0.717) is 17.8 Å². The quantitative estimate of drug-likeness (QED) is 0.584. The molecule has 0 spiro atoms. The van der Waals surface area contributed by atoms with Gasteiger partial charge in [-0.15, -0.1) is 0 Å². The first kappa shape index (κ1) is 21.6. The molecule has 31 heavy (non-hydrogen) atoms. The van der Waals surface area contributed by atoms with E-state index in [9.17, 15) is 9.90 Å². The summed E-state index contributed by atoms with van der Waals surface area (Å²) < 4.78 is 11.8. The number of carboxylic acid groups (broad SMARTS) is 1. The Morgan fingerprint density at radius 2 is 1.81 bits per heavy atom. The molecule has 8 nitrogen and oxygen atoms in total. The van der Waals surface area contributed by atoms with Crippen molar-refractivity contribution in [2.75, 3.05) is 13.2 Å². The highest BCUT2D eigenvalue weighted by Crippen LogP contribution is 2.35. The van der Waals surface area contributed by atoms with Crippen molar-refractivity contribution in [1.82, 2.24) is 15.4 Å². The molecule has 0 bridgehead atoms. The summed E-state index contributed by atoms with van der Waals surface area (Å²) in [5, 5.41) is 28.1. The SMILES string of the molecule is O=C(O)c1[nH]nnc1O[C@H]1CC[C@H](c2ccc(OC[C@H]3CCC[C@H](CO)C3)cc2)CC1. The molecule has 0 amide bonds. The van der Waals surface area contributed by atoms with E-state index in [2.05, 4.69) is 39.7 Å². The lowest BCUT2D eigenvalue weighted by molar-refractivity contribution is 0.0677. The summed E-state index contributed by atoms with van der Waals surface area (Å²) in [5.41, 5.74) is 1.20. The average Bonchev–Trinajstić information content (AvgIpc) is 3.27. The number of hydrogen-bond acceptors (Lipinski definition) is 6. The number of benzene rings is 1. The monoisotopic (exact) mass is 429 g/mol. The Bertz CT molecular complexity index is 845. The van der Waals surface area contributed by atoms with Gasteiger partial charge in [0.1, 0.15) is 11.9 Å². The van der Waals surface area contributed by atoms with Crippen LogP contribution < -0.4 is 9.47 Å². The van der Waals surface area contributed by atoms with E-state index in [1.165, 1.54) is 18.4 Å². The summed E-state index contributed by atoms with van der Waals surface area (Å²) in [5.74, 6) is 1.29. The maximum Gasteiger partial charge on any atom is 0.359 e. The number of aliphatic hydroxyl groups is 1. The van der Waals surface area contributed by atoms with Crippen LogP contribution in [0.2, 0.25) is 0 Å². The number of rotatable bonds is 8. The minimum Gasteiger partial charge on any atom is -0.493 e. The van der Waals surface area contributed by atoms with Gasteiger partial charge in [0, 0.05) is 6.61 Å². The third-order valence-electron chi connectivity index (χ3n) is 6.67. The van der Waals surface area contributed by atoms with E-state index in [-0.39, 0.29) is 24.3 Å². The Balaban J connectivity index is 1.24. The van der Waals surface area contributed by atoms with Crippen LogP contribution in [0.3, 0.4) is 0 Å². The lowest BCUT2D eigenvalue weighted by atomic mass is 9.82. The normalized spacial score (nSPS) is 26.4. The van der Waals surface area contributed by atoms with Crippen LogP contribution in [-0.4, -0.2) is 50.9 Å². The molecule has 0 radical (unpaired) electrons. The van der Waals surface area contributed by atoms with Gasteiger partial charge in [0.2, 0.25) is 5.69 Å². The first-order valence-corrected chi connectivity index (χ1v) is 11.3. The highest BCUT2D eigenvalue weighted by Gasteiger charge is 2.26. The molecule has 3 N–H and O–H groups in total. The topological polar surface area (TPSA) is 118 Å². The molecule has 2 aromatic rings. The average molecular weight is 430 g/mol. The minimum absolute atomic E-state index is 0.0414. The second-order valence-electron chi connectivity index (χ2n) is 8.85. The second-order valence-corrected chi connectivity index (χ2v) is 8.85. The summed E-state index contributed by atoms with van der Waals surface area (Å²) in [6, 6.07) is 8.41. The number of hydrogen-bond donors (Lipinski definition) is 3. The van der Waals surface area contributed by atoms with Crippen LogP contribution >= 0.6 is 0 Å². The zero-order valence-electron chi connectivity index (χ0n) is 17.7. The van der Waals surface area contributed by atoms with Gasteiger partial charge in [-0.05, 0) is 80.4 Å². The lowest BCUT2D eigenvalue weighted by Crippen LogP contribution is -2.24. The van der Waals surface area contributed by atoms with Gasteiger partial charge >= 0.3 is 5.97 Å². The summed E-state index contributed by atoms with van der Waals surface area (Å²) in [7, 11) is 0. The summed E-state index contributed by atoms with van der Waals surface area (Å²) >= 11 is 0. The van der Waals surface area contributed by atoms with E-state index in [0.717, 1.165) is 50.9 Å². The van der Waals surface area contributed by atoms with E-state index < -0.39 is 5.97 Å². The van der Waals surface area contributed by atoms with Crippen LogP contribution in [0.5, 0.6) is 11.6 Å². The van der Waals surface area contributed by atoms with Crippen LogP contribution in [0.4, 0.5) is 0 Å². The van der Waals surface area contributed by atoms with Gasteiger partial charge < -0.3 is 19.7 Å². The smallest absolute Gasteiger partial charge is 0.359 e. The van der Waals surface area contributed by atoms with E-state index in [1.807, 2.05) is 0 Å². The largest absolute Gasteiger partial charge is 0.493 e. The molecule has 2 aliphatic carbocycles. The second kappa shape index (κ2) is 10.1. The summed E-state index contributed by atoms with van der Waals surface area (Å²) in [4.78, 5) is 11.1. The van der Waals surface area contributed by atoms with Crippen molar-refractivity contribution in [2.45, 2.75) is 63.4 Å². The predicted molar refractivity (Wildman–Crippen MR) is 113 cm³/mol. The third-order valence-corrected chi connectivity index (χ3v) is 6.67. The molecule has 1 aromatic carbocycles. The predicted octanol–water partition coefficient (Wildman–Crippen LogP) is 3.79. The number of ether oxygens (including phenoxy) is 2. The zero-order valence-corrected chi connectivity index (χ0v) is 17.7. The van der Waals surface area contributed by atoms with Gasteiger partial charge in [-0.25, -0.2) is 9.89 Å². The molecule has 0 unspecified atom stereocenters. The van der Waals surface area contributed by atoms with Crippen LogP contribution in [0.15, 0.2) is 24.3 Å². The van der Waals surface area contributed by atoms with E-state index >= 15 is 0 Å². The van der Waals surface area contributed by atoms with Gasteiger partial charge in [-0.2, -0.15) is 0 Å². The molecule has 0 aliphatic heterocycles. The molecule has 8 heteroatoms. The van der Waals surface area contributed by atoms with Crippen molar-refractivity contribution in [3.05, 3.63) is 35.5 Å². The Kier molecular flexibility index (Phi) is 7.06. The number of nitrogens with zero attached hydrogens (tertiary/aromatic N) is 2. The number of carbonyl (C=O) groups is 1. The first-order chi connectivity index (χ1) is 15.1. The molecule has 2 fully saturated rings. The van der Waals surface area contributed by atoms with Crippen LogP contribution in [-0.2, 0) is 0 Å². The van der Waals surface area contributed by atoms with Crippen molar-refractivity contribution >= 4 is 5.97 Å². The van der Waals surface area contributed by atoms with Crippen molar-refractivity contribution in [1.29, 1.82) is 0 Å². The van der Waals surface area contributed by atoms with E-state index in [1.54, 1.807) is 0 Å². The minimum atomic E-state index is -1.12. The van der Waals surface area contributed by atoms with Crippen molar-refractivity contribution in [3.63, 3.8) is 0 Å². The van der Waals surface area contributed by atoms with Crippen LogP contribution in [0.25, 0.3) is 0 Å². The molecule has 2 aliphatic rings. The number of aromatic nitrogens is 3. The highest BCUT2D eigenvalue weighted by molar-refractivity contribution is 5.87. The fourth-order valence-electron chi connectivity index (χ4n) is 4.88. The van der Waals surface area contributed by atoms with E-state index in [4.69, 9.17) is 14.6 Å². The van der Waals surface area contributed by atoms with Gasteiger partial charge in [-0.3, -0.25) is 0 Å². The number of H-pyrrole nitrogens is 1. The molecule has 168 valence electrons. The third kappa shape index (κ3) is 5.55. The highest BCUT2D eigenvalue weighted by atomic mass is 16.5. The molecule has 1 aromatic heterocycles. The Hall–Kier alpha value is -2.61. The standard InChI is InChI=1S/C23H31N3O5/c27-13-15-2-1-3-16(12-15)14-30-19-8-4-17(5-9-19)18-6-10-20(11-7-18)31-22-21(23(28)29)24-26-25-22/h4-5,8-9,15-16,18,20,27H,1-3,6-7,10-14H2,(H,28,29)(H,24,25,26)/t15-,16-,18-,20-/m0/s1. The fourth-order valence-corrected chi connectivity index (χ4v) is 4.88. The molecule has 4 rings (SSSR count). The summed E-state index contributed by atoms with van der Waals surface area (Å²) in [6.45, 7) is 1.01. The molecular formula is C23H31N3O5. The fraction of sp³-hybridized carbons (Fsp3) is 0.609. The molecule has 1 heterocycles. The van der Waals surface area contributed by atoms with Gasteiger partial charge in [0.05, 0.1) is 6.61 Å². The summed E-state index contributed by atoms with van der Waals surface area (Å²) in [6.07, 6.45) is 8.17. The maximum atomic E-state index is 11.1. The zero-order chi connectivity index (χ0) is 21.6. The van der Waals surface area contributed by atoms with Crippen LogP contribution in [0, 0.1) is 11.8 Å². The van der Waals surface area contributed by atoms with Crippen LogP contribution in [0.1, 0.15) is 73.3 Å². The number of aliphatic hydroxyl groups excluding tert-OH is 1. The number of nitrogens with one attached hydrogen (secondary N) is 1. The molecular weight excluding hydrogens is 398 g/mol. The van der Waals surface area contributed by atoms with Crippen molar-refractivity contribution in [2.24, 2.45) is 11.8 Å². The van der Waals surface area contributed by atoms with Gasteiger partial charge in [0.25, 0.3) is 5.88 Å². The maximum absolute atomic E-state index is 11.1. The lowest BCUT2D eigenvalue weighted by Gasteiger charge is -2.29. The Labute approximate surface area is 182 Å². The molecule has 2 saturated carbocycles. The first-order valence-electron chi connectivity index (χ1n) is 11.3. The van der Waals surface area contributed by atoms with Crippen molar-refractivity contribution < 1.29 is 24.5 Å². The number of aromatic carboxylic acids is 1. The number of aromatic amines is 1. The molecule has 0 saturated heterocycles. The Morgan fingerprint density at radius 1 is 1.06 bits per heavy atom. The molecule has 2 atom stereocenters. The van der Waals surface area contributed by atoms with Gasteiger partial charge in [0.15, 0.2) is 0 Å². The van der Waals surface area contributed by atoms with Gasteiger partial charge in [-0.1, -0.05) is 28.9 Å². The number of carboxylic acids is 1.